The monoisotopic (exact) mass is 274 g/mol. The van der Waals surface area contributed by atoms with Gasteiger partial charge in [0.05, 0.1) is 0 Å². The summed E-state index contributed by atoms with van der Waals surface area (Å²) < 4.78 is 35.7. The van der Waals surface area contributed by atoms with Crippen molar-refractivity contribution in [2.75, 3.05) is 0 Å². The van der Waals surface area contributed by atoms with Crippen molar-refractivity contribution in [1.82, 2.24) is 0 Å². The summed E-state index contributed by atoms with van der Waals surface area (Å²) in [4.78, 5) is 21.4. The van der Waals surface area contributed by atoms with Gasteiger partial charge >= 0.3 is 12.2 Å². The smallest absolute Gasteiger partial charge is 0.405 e. The zero-order valence-corrected chi connectivity index (χ0v) is 9.93. The molecule has 2 atom stereocenters. The molecule has 0 saturated heterocycles. The van der Waals surface area contributed by atoms with Crippen LogP contribution in [0.2, 0.25) is 0 Å². The first-order valence-electron chi connectivity index (χ1n) is 5.18. The molecule has 0 unspecified atom stereocenters. The van der Waals surface area contributed by atoms with Crippen molar-refractivity contribution in [3.63, 3.8) is 0 Å². The number of primary amides is 2. The van der Waals surface area contributed by atoms with E-state index in [0.29, 0.717) is 6.07 Å². The molecule has 104 valence electrons. The zero-order chi connectivity index (χ0) is 14.6. The average Bonchev–Trinajstić information content (AvgIpc) is 2.25. The maximum atomic E-state index is 13.6. The van der Waals surface area contributed by atoms with Crippen LogP contribution >= 0.6 is 0 Å². The second-order valence-electron chi connectivity index (χ2n) is 3.67. The Balaban J connectivity index is 3.08. The maximum Gasteiger partial charge on any atom is 0.405 e. The van der Waals surface area contributed by atoms with E-state index in [1.54, 1.807) is 0 Å². The lowest BCUT2D eigenvalue weighted by atomic mass is 10.0. The maximum absolute atomic E-state index is 13.6. The minimum Gasteiger partial charge on any atom is -0.442 e. The third-order valence-electron chi connectivity index (χ3n) is 2.24. The Morgan fingerprint density at radius 2 is 1.74 bits per heavy atom. The van der Waals surface area contributed by atoms with E-state index in [4.69, 9.17) is 11.5 Å². The highest BCUT2D eigenvalue weighted by Crippen LogP contribution is 2.26. The number of nitrogens with two attached hydrogens (primary N) is 2. The summed E-state index contributed by atoms with van der Waals surface area (Å²) in [7, 11) is 0. The first-order valence-corrected chi connectivity index (χ1v) is 5.18. The molecule has 0 fully saturated rings. The molecule has 0 aromatic heterocycles. The lowest BCUT2D eigenvalue weighted by Gasteiger charge is -2.23. The Bertz CT molecular complexity index is 496. The van der Waals surface area contributed by atoms with E-state index < -0.39 is 36.0 Å². The van der Waals surface area contributed by atoms with E-state index in [1.165, 1.54) is 6.92 Å². The molecule has 0 spiro atoms. The lowest BCUT2D eigenvalue weighted by Crippen LogP contribution is -2.31. The SMILES string of the molecule is C[C@@H](OC(N)=O)[C@H](OC(N)=O)c1ccc(F)cc1F. The number of hydrogen-bond donors (Lipinski definition) is 2. The van der Waals surface area contributed by atoms with Gasteiger partial charge in [-0.2, -0.15) is 0 Å². The van der Waals surface area contributed by atoms with Gasteiger partial charge in [-0.05, 0) is 19.1 Å². The number of rotatable bonds is 4. The second-order valence-corrected chi connectivity index (χ2v) is 3.67. The summed E-state index contributed by atoms with van der Waals surface area (Å²) in [5.74, 6) is -1.77. The molecule has 0 heterocycles. The Morgan fingerprint density at radius 1 is 1.16 bits per heavy atom. The topological polar surface area (TPSA) is 105 Å². The van der Waals surface area contributed by atoms with Gasteiger partial charge in [-0.1, -0.05) is 0 Å². The van der Waals surface area contributed by atoms with Gasteiger partial charge in [0, 0.05) is 11.6 Å². The van der Waals surface area contributed by atoms with Crippen LogP contribution in [0.4, 0.5) is 18.4 Å². The second kappa shape index (κ2) is 5.98. The van der Waals surface area contributed by atoms with Crippen LogP contribution < -0.4 is 11.5 Å². The van der Waals surface area contributed by atoms with Crippen LogP contribution in [0.1, 0.15) is 18.6 Å². The van der Waals surface area contributed by atoms with Crippen LogP contribution in [0.3, 0.4) is 0 Å². The van der Waals surface area contributed by atoms with Gasteiger partial charge in [0.25, 0.3) is 0 Å². The van der Waals surface area contributed by atoms with E-state index in [9.17, 15) is 18.4 Å². The quantitative estimate of drug-likeness (QED) is 0.869. The van der Waals surface area contributed by atoms with Gasteiger partial charge in [0.1, 0.15) is 17.7 Å². The number of ether oxygens (including phenoxy) is 2. The van der Waals surface area contributed by atoms with Crippen molar-refractivity contribution in [2.24, 2.45) is 11.5 Å². The van der Waals surface area contributed by atoms with Gasteiger partial charge in [-0.3, -0.25) is 0 Å². The van der Waals surface area contributed by atoms with Crippen LogP contribution in [0.5, 0.6) is 0 Å². The Labute approximate surface area is 107 Å². The number of benzene rings is 1. The molecular weight excluding hydrogens is 262 g/mol. The largest absolute Gasteiger partial charge is 0.442 e. The molecule has 19 heavy (non-hydrogen) atoms. The van der Waals surface area contributed by atoms with Crippen molar-refractivity contribution in [3.8, 4) is 0 Å². The molecule has 2 amide bonds. The highest BCUT2D eigenvalue weighted by Gasteiger charge is 2.28. The summed E-state index contributed by atoms with van der Waals surface area (Å²) >= 11 is 0. The van der Waals surface area contributed by atoms with Crippen molar-refractivity contribution >= 4 is 12.2 Å². The Morgan fingerprint density at radius 3 is 2.21 bits per heavy atom. The van der Waals surface area contributed by atoms with Crippen LogP contribution in [0, 0.1) is 11.6 Å². The van der Waals surface area contributed by atoms with Gasteiger partial charge in [-0.15, -0.1) is 0 Å². The molecule has 0 aliphatic heterocycles. The van der Waals surface area contributed by atoms with Crippen molar-refractivity contribution in [1.29, 1.82) is 0 Å². The Kier molecular flexibility index (Phi) is 4.62. The van der Waals surface area contributed by atoms with Gasteiger partial charge in [0.2, 0.25) is 0 Å². The molecule has 0 aliphatic rings. The molecule has 6 nitrogen and oxygen atoms in total. The third-order valence-corrected chi connectivity index (χ3v) is 2.24. The van der Waals surface area contributed by atoms with E-state index in [0.717, 1.165) is 12.1 Å². The average molecular weight is 274 g/mol. The summed E-state index contributed by atoms with van der Waals surface area (Å²) in [6, 6.07) is 2.62. The van der Waals surface area contributed by atoms with Crippen LogP contribution in [-0.4, -0.2) is 18.3 Å². The molecule has 1 aromatic rings. The summed E-state index contributed by atoms with van der Waals surface area (Å²) in [6.45, 7) is 1.32. The third kappa shape index (κ3) is 4.09. The summed E-state index contributed by atoms with van der Waals surface area (Å²) in [6.07, 6.45) is -4.75. The molecule has 0 aliphatic carbocycles. The van der Waals surface area contributed by atoms with Crippen LogP contribution in [-0.2, 0) is 9.47 Å². The van der Waals surface area contributed by atoms with E-state index >= 15 is 0 Å². The highest BCUT2D eigenvalue weighted by atomic mass is 19.1. The molecule has 0 saturated carbocycles. The van der Waals surface area contributed by atoms with E-state index in [-0.39, 0.29) is 5.56 Å². The molecule has 0 bridgehead atoms. The molecule has 4 N–H and O–H groups in total. The van der Waals surface area contributed by atoms with Crippen LogP contribution in [0.15, 0.2) is 18.2 Å². The minimum atomic E-state index is -1.33. The number of halogens is 2. The summed E-state index contributed by atoms with van der Waals surface area (Å²) in [5.41, 5.74) is 9.48. The normalized spacial score (nSPS) is 13.4. The first-order chi connectivity index (χ1) is 8.81. The fourth-order valence-electron chi connectivity index (χ4n) is 1.51. The summed E-state index contributed by atoms with van der Waals surface area (Å²) in [5, 5.41) is 0. The Hall–Kier alpha value is -2.38. The number of hydrogen-bond acceptors (Lipinski definition) is 4. The first kappa shape index (κ1) is 14.7. The van der Waals surface area contributed by atoms with Crippen molar-refractivity contribution in [2.45, 2.75) is 19.1 Å². The van der Waals surface area contributed by atoms with Gasteiger partial charge in [0.15, 0.2) is 6.10 Å². The molecule has 1 rings (SSSR count). The van der Waals surface area contributed by atoms with E-state index in [1.807, 2.05) is 0 Å². The highest BCUT2D eigenvalue weighted by molar-refractivity contribution is 5.66. The standard InChI is InChI=1S/C11H12F2N2O4/c1-5(18-10(14)16)9(19-11(15)17)7-3-2-6(12)4-8(7)13/h2-5,9H,1H3,(H2,14,16)(H2,15,17)/t5-,9+/m1/s1. The molecule has 8 heteroatoms. The lowest BCUT2D eigenvalue weighted by molar-refractivity contribution is 0.00249. The minimum absolute atomic E-state index is 0.186. The van der Waals surface area contributed by atoms with E-state index in [2.05, 4.69) is 9.47 Å². The fourth-order valence-corrected chi connectivity index (χ4v) is 1.51. The predicted octanol–water partition coefficient (Wildman–Crippen LogP) is 1.58. The van der Waals surface area contributed by atoms with Gasteiger partial charge < -0.3 is 20.9 Å². The van der Waals surface area contributed by atoms with Crippen molar-refractivity contribution in [3.05, 3.63) is 35.4 Å². The number of carbonyl (C=O) groups excluding carboxylic acids is 2. The predicted molar refractivity (Wildman–Crippen MR) is 59.9 cm³/mol. The fraction of sp³-hybridized carbons (Fsp3) is 0.273. The molecule has 1 aromatic carbocycles. The van der Waals surface area contributed by atoms with Crippen molar-refractivity contribution < 1.29 is 27.8 Å². The number of carbonyl (C=O) groups is 2. The number of amides is 2. The molecular formula is C11H12F2N2O4. The zero-order valence-electron chi connectivity index (χ0n) is 9.93. The van der Waals surface area contributed by atoms with Crippen LogP contribution in [0.25, 0.3) is 0 Å². The van der Waals surface area contributed by atoms with Gasteiger partial charge in [-0.25, -0.2) is 18.4 Å². The molecule has 0 radical (unpaired) electrons.